The zero-order chi connectivity index (χ0) is 19.2. The molecule has 2 atom stereocenters. The number of carbonyl (C=O) groups is 2. The van der Waals surface area contributed by atoms with E-state index in [1.165, 1.54) is 4.70 Å². The van der Waals surface area contributed by atoms with Gasteiger partial charge in [-0.25, -0.2) is 4.98 Å². The molecule has 7 heteroatoms. The van der Waals surface area contributed by atoms with E-state index in [4.69, 9.17) is 0 Å². The van der Waals surface area contributed by atoms with Crippen molar-refractivity contribution in [2.24, 2.45) is 0 Å². The molecule has 0 radical (unpaired) electrons. The Bertz CT molecular complexity index is 758. The average Bonchev–Trinajstić information content (AvgIpc) is 3.23. The van der Waals surface area contributed by atoms with Gasteiger partial charge in [0.05, 0.1) is 15.2 Å². The number of nitrogens with one attached hydrogen (secondary N) is 2. The van der Waals surface area contributed by atoms with Gasteiger partial charge in [0.15, 0.2) is 0 Å². The first kappa shape index (κ1) is 19.8. The maximum absolute atomic E-state index is 12.2. The number of hydrogen-bond donors (Lipinski definition) is 2. The number of nitrogens with zero attached hydrogens (tertiary/aromatic N) is 2. The van der Waals surface area contributed by atoms with Crippen LogP contribution in [-0.4, -0.2) is 54.4 Å². The maximum Gasteiger partial charge on any atom is 0.221 e. The summed E-state index contributed by atoms with van der Waals surface area (Å²) in [6.07, 6.45) is 4.72. The van der Waals surface area contributed by atoms with Crippen molar-refractivity contribution in [2.45, 2.75) is 50.6 Å². The standard InChI is InChI=1S/C20H28N4O2S/c1-21-19(26)12-14-10-11-15(24(14)2)13-22-18(25)8-5-9-20-23-16-6-3-4-7-17(16)27-20/h3-4,6-7,14-15H,5,8-13H2,1-2H3,(H,21,26)(H,22,25)/t14-,15+/m1/s1. The van der Waals surface area contributed by atoms with Crippen LogP contribution in [0.4, 0.5) is 0 Å². The Morgan fingerprint density at radius 3 is 2.78 bits per heavy atom. The third-order valence-corrected chi connectivity index (χ3v) is 6.45. The molecule has 0 unspecified atom stereocenters. The van der Waals surface area contributed by atoms with E-state index in [9.17, 15) is 9.59 Å². The van der Waals surface area contributed by atoms with E-state index in [1.807, 2.05) is 25.2 Å². The van der Waals surface area contributed by atoms with Crippen molar-refractivity contribution in [3.05, 3.63) is 29.3 Å². The van der Waals surface area contributed by atoms with Gasteiger partial charge < -0.3 is 10.6 Å². The highest BCUT2D eigenvalue weighted by Crippen LogP contribution is 2.24. The van der Waals surface area contributed by atoms with Crippen LogP contribution in [0.5, 0.6) is 0 Å². The SMILES string of the molecule is CNC(=O)C[C@H]1CC[C@@H](CNC(=O)CCCc2nc3ccccc3s2)N1C. The topological polar surface area (TPSA) is 74.3 Å². The number of aryl methyl sites for hydroxylation is 1. The molecule has 146 valence electrons. The molecule has 0 aliphatic carbocycles. The third kappa shape index (κ3) is 5.26. The number of thiazole rings is 1. The zero-order valence-corrected chi connectivity index (χ0v) is 16.8. The molecule has 1 saturated heterocycles. The van der Waals surface area contributed by atoms with E-state index in [1.54, 1.807) is 18.4 Å². The summed E-state index contributed by atoms with van der Waals surface area (Å²) in [5.41, 5.74) is 1.04. The minimum absolute atomic E-state index is 0.0754. The molecule has 1 fully saturated rings. The number of amides is 2. The fraction of sp³-hybridized carbons (Fsp3) is 0.550. The quantitative estimate of drug-likeness (QED) is 0.728. The van der Waals surface area contributed by atoms with Crippen molar-refractivity contribution in [3.63, 3.8) is 0 Å². The number of hydrogen-bond acceptors (Lipinski definition) is 5. The van der Waals surface area contributed by atoms with Crippen molar-refractivity contribution >= 4 is 33.4 Å². The number of aromatic nitrogens is 1. The van der Waals surface area contributed by atoms with Crippen LogP contribution in [0.25, 0.3) is 10.2 Å². The maximum atomic E-state index is 12.2. The molecule has 2 aromatic rings. The van der Waals surface area contributed by atoms with E-state index in [0.717, 1.165) is 36.2 Å². The summed E-state index contributed by atoms with van der Waals surface area (Å²) in [5.74, 6) is 0.172. The lowest BCUT2D eigenvalue weighted by molar-refractivity contribution is -0.122. The van der Waals surface area contributed by atoms with E-state index in [2.05, 4.69) is 26.6 Å². The number of likely N-dealkylation sites (tertiary alicyclic amines) is 1. The number of fused-ring (bicyclic) bond motifs is 1. The van der Waals surface area contributed by atoms with Crippen LogP contribution in [0.2, 0.25) is 0 Å². The van der Waals surface area contributed by atoms with Gasteiger partial charge in [-0.3, -0.25) is 14.5 Å². The highest BCUT2D eigenvalue weighted by atomic mass is 32.1. The average molecular weight is 389 g/mol. The molecule has 2 amide bonds. The first-order valence-electron chi connectivity index (χ1n) is 9.60. The summed E-state index contributed by atoms with van der Waals surface area (Å²) in [6, 6.07) is 8.71. The molecule has 0 saturated carbocycles. The number of para-hydroxylation sites is 1. The predicted octanol–water partition coefficient (Wildman–Crippen LogP) is 2.33. The first-order valence-corrected chi connectivity index (χ1v) is 10.4. The van der Waals surface area contributed by atoms with Crippen LogP contribution in [0.1, 0.15) is 37.1 Å². The lowest BCUT2D eigenvalue weighted by atomic mass is 10.1. The second-order valence-corrected chi connectivity index (χ2v) is 8.28. The molecule has 2 heterocycles. The van der Waals surface area contributed by atoms with Crippen molar-refractivity contribution in [3.8, 4) is 0 Å². The molecule has 6 nitrogen and oxygen atoms in total. The fourth-order valence-electron chi connectivity index (χ4n) is 3.65. The number of benzene rings is 1. The minimum atomic E-state index is 0.0754. The van der Waals surface area contributed by atoms with Gasteiger partial charge in [0.2, 0.25) is 11.8 Å². The second-order valence-electron chi connectivity index (χ2n) is 7.16. The molecular weight excluding hydrogens is 360 g/mol. The van der Waals surface area contributed by atoms with Gasteiger partial charge in [0, 0.05) is 38.5 Å². The monoisotopic (exact) mass is 388 g/mol. The van der Waals surface area contributed by atoms with E-state index in [0.29, 0.717) is 25.4 Å². The molecule has 2 N–H and O–H groups in total. The number of carbonyl (C=O) groups excluding carboxylic acids is 2. The molecule has 1 aliphatic rings. The Labute approximate surface area is 164 Å². The summed E-state index contributed by atoms with van der Waals surface area (Å²) < 4.78 is 1.20. The van der Waals surface area contributed by atoms with Crippen molar-refractivity contribution in [1.29, 1.82) is 0 Å². The summed E-state index contributed by atoms with van der Waals surface area (Å²) >= 11 is 1.71. The van der Waals surface area contributed by atoms with E-state index < -0.39 is 0 Å². The van der Waals surface area contributed by atoms with Gasteiger partial charge in [0.1, 0.15) is 0 Å². The van der Waals surface area contributed by atoms with Gasteiger partial charge >= 0.3 is 0 Å². The summed E-state index contributed by atoms with van der Waals surface area (Å²) in [6.45, 7) is 0.653. The van der Waals surface area contributed by atoms with Crippen LogP contribution >= 0.6 is 11.3 Å². The number of likely N-dealkylation sites (N-methyl/N-ethyl adjacent to an activating group) is 1. The fourth-order valence-corrected chi connectivity index (χ4v) is 4.65. The Balaban J connectivity index is 1.36. The first-order chi connectivity index (χ1) is 13.1. The van der Waals surface area contributed by atoms with Crippen LogP contribution < -0.4 is 10.6 Å². The van der Waals surface area contributed by atoms with E-state index >= 15 is 0 Å². The number of rotatable bonds is 8. The second kappa shape index (κ2) is 9.28. The van der Waals surface area contributed by atoms with Crippen LogP contribution in [0.3, 0.4) is 0 Å². The highest BCUT2D eigenvalue weighted by molar-refractivity contribution is 7.18. The van der Waals surface area contributed by atoms with Gasteiger partial charge in [-0.2, -0.15) is 0 Å². The van der Waals surface area contributed by atoms with Gasteiger partial charge in [-0.1, -0.05) is 12.1 Å². The van der Waals surface area contributed by atoms with Crippen LogP contribution in [0, 0.1) is 0 Å². The van der Waals surface area contributed by atoms with Gasteiger partial charge in [-0.15, -0.1) is 11.3 Å². The van der Waals surface area contributed by atoms with Crippen molar-refractivity contribution in [1.82, 2.24) is 20.5 Å². The third-order valence-electron chi connectivity index (χ3n) is 5.35. The van der Waals surface area contributed by atoms with Gasteiger partial charge in [0.25, 0.3) is 0 Å². The smallest absolute Gasteiger partial charge is 0.221 e. The molecular formula is C20H28N4O2S. The molecule has 1 aliphatic heterocycles. The Morgan fingerprint density at radius 1 is 1.22 bits per heavy atom. The molecule has 1 aromatic heterocycles. The summed E-state index contributed by atoms with van der Waals surface area (Å²) in [4.78, 5) is 30.6. The molecule has 1 aromatic carbocycles. The molecule has 3 rings (SSSR count). The largest absolute Gasteiger partial charge is 0.359 e. The lowest BCUT2D eigenvalue weighted by Crippen LogP contribution is -2.42. The molecule has 27 heavy (non-hydrogen) atoms. The minimum Gasteiger partial charge on any atom is -0.359 e. The van der Waals surface area contributed by atoms with E-state index in [-0.39, 0.29) is 17.9 Å². The van der Waals surface area contributed by atoms with Crippen LogP contribution in [0.15, 0.2) is 24.3 Å². The lowest BCUT2D eigenvalue weighted by Gasteiger charge is -2.25. The molecule has 0 bridgehead atoms. The summed E-state index contributed by atoms with van der Waals surface area (Å²) in [7, 11) is 3.72. The highest BCUT2D eigenvalue weighted by Gasteiger charge is 2.31. The molecule has 0 spiro atoms. The Hall–Kier alpha value is -1.99. The summed E-state index contributed by atoms with van der Waals surface area (Å²) in [5, 5.41) is 6.83. The van der Waals surface area contributed by atoms with Crippen LogP contribution in [-0.2, 0) is 16.0 Å². The van der Waals surface area contributed by atoms with Crippen molar-refractivity contribution < 1.29 is 9.59 Å². The zero-order valence-electron chi connectivity index (χ0n) is 16.0. The van der Waals surface area contributed by atoms with Gasteiger partial charge in [-0.05, 0) is 44.9 Å². The van der Waals surface area contributed by atoms with Crippen molar-refractivity contribution in [2.75, 3.05) is 20.6 Å². The predicted molar refractivity (Wildman–Crippen MR) is 109 cm³/mol. The Kier molecular flexibility index (Phi) is 6.79. The Morgan fingerprint density at radius 2 is 2.00 bits per heavy atom. The normalized spacial score (nSPS) is 20.1.